The fourth-order valence-electron chi connectivity index (χ4n) is 4.19. The van der Waals surface area contributed by atoms with Crippen molar-refractivity contribution in [3.8, 4) is 11.3 Å². The second kappa shape index (κ2) is 9.58. The van der Waals surface area contributed by atoms with Gasteiger partial charge in [-0.3, -0.25) is 4.98 Å². The third-order valence-corrected chi connectivity index (χ3v) is 5.59. The number of nitrogens with zero attached hydrogens (tertiary/aromatic N) is 1. The molecule has 0 amide bonds. The molecule has 0 radical (unpaired) electrons. The van der Waals surface area contributed by atoms with Gasteiger partial charge in [-0.15, -0.1) is 0 Å². The summed E-state index contributed by atoms with van der Waals surface area (Å²) >= 11 is 0. The summed E-state index contributed by atoms with van der Waals surface area (Å²) in [6.45, 7) is 5.22. The first-order valence-electron chi connectivity index (χ1n) is 11.1. The smallest absolute Gasteiger partial charge is 0.0712 e. The Bertz CT molecular complexity index is 1100. The van der Waals surface area contributed by atoms with Crippen LogP contribution in [0.5, 0.6) is 0 Å². The van der Waals surface area contributed by atoms with Gasteiger partial charge in [0.1, 0.15) is 0 Å². The minimum Gasteiger partial charge on any atom is -0.379 e. The highest BCUT2D eigenvalue weighted by Gasteiger charge is 2.09. The predicted octanol–water partition coefficient (Wildman–Crippen LogP) is 7.42. The van der Waals surface area contributed by atoms with E-state index in [4.69, 9.17) is 4.98 Å². The Morgan fingerprint density at radius 3 is 2.13 bits per heavy atom. The third kappa shape index (κ3) is 4.38. The van der Waals surface area contributed by atoms with Gasteiger partial charge in [-0.1, -0.05) is 93.4 Å². The molecule has 0 unspecified atom stereocenters. The third-order valence-electron chi connectivity index (χ3n) is 5.59. The van der Waals surface area contributed by atoms with E-state index in [0.29, 0.717) is 0 Å². The number of para-hydroxylation sites is 1. The maximum absolute atomic E-state index is 5.00. The van der Waals surface area contributed by atoms with E-state index in [0.717, 1.165) is 43.6 Å². The van der Waals surface area contributed by atoms with Crippen molar-refractivity contribution < 1.29 is 0 Å². The zero-order valence-electron chi connectivity index (χ0n) is 18.0. The Balaban J connectivity index is 1.62. The Morgan fingerprint density at radius 2 is 1.37 bits per heavy atom. The molecule has 0 fully saturated rings. The predicted molar refractivity (Wildman–Crippen MR) is 129 cm³/mol. The van der Waals surface area contributed by atoms with Crippen LogP contribution >= 0.6 is 0 Å². The van der Waals surface area contributed by atoms with Gasteiger partial charge in [0.25, 0.3) is 0 Å². The average molecular weight is 395 g/mol. The molecule has 0 aliphatic heterocycles. The summed E-state index contributed by atoms with van der Waals surface area (Å²) in [6, 6.07) is 28.0. The van der Waals surface area contributed by atoms with Crippen LogP contribution in [0.1, 0.15) is 43.5 Å². The quantitative estimate of drug-likeness (QED) is 0.336. The molecule has 0 aliphatic rings. The van der Waals surface area contributed by atoms with E-state index in [1.54, 1.807) is 0 Å². The van der Waals surface area contributed by atoms with E-state index in [1.807, 2.05) is 0 Å². The number of nitrogens with one attached hydrogen (secondary N) is 1. The van der Waals surface area contributed by atoms with Crippen molar-refractivity contribution in [1.82, 2.24) is 4.98 Å². The van der Waals surface area contributed by atoms with Crippen molar-refractivity contribution in [1.29, 1.82) is 0 Å². The molecule has 0 saturated carbocycles. The van der Waals surface area contributed by atoms with Gasteiger partial charge in [0.05, 0.1) is 17.9 Å². The fourth-order valence-corrected chi connectivity index (χ4v) is 4.19. The molecule has 0 spiro atoms. The molecule has 1 heterocycles. The van der Waals surface area contributed by atoms with Crippen LogP contribution in [0.4, 0.5) is 5.69 Å². The lowest BCUT2D eigenvalue weighted by Crippen LogP contribution is -2.07. The van der Waals surface area contributed by atoms with Crippen LogP contribution < -0.4 is 5.32 Å². The Hall–Kier alpha value is -3.13. The van der Waals surface area contributed by atoms with Gasteiger partial charge in [0, 0.05) is 11.3 Å². The Labute approximate surface area is 180 Å². The number of benzene rings is 3. The number of rotatable bonds is 8. The van der Waals surface area contributed by atoms with Crippen LogP contribution in [-0.2, 0) is 19.4 Å². The summed E-state index contributed by atoms with van der Waals surface area (Å²) in [6.07, 6.45) is 4.50. The summed E-state index contributed by atoms with van der Waals surface area (Å²) in [7, 11) is 0. The van der Waals surface area contributed by atoms with Gasteiger partial charge in [0.2, 0.25) is 0 Å². The SMILES string of the molecule is CCCc1cccc(CCC)c1NCc1cccc(-c2cccc3ccccc23)n1. The van der Waals surface area contributed by atoms with Crippen LogP contribution in [-0.4, -0.2) is 4.98 Å². The van der Waals surface area contributed by atoms with E-state index in [1.165, 1.54) is 33.2 Å². The molecular formula is C28H30N2. The average Bonchev–Trinajstić information content (AvgIpc) is 2.79. The zero-order valence-corrected chi connectivity index (χ0v) is 18.0. The lowest BCUT2D eigenvalue weighted by atomic mass is 10.00. The van der Waals surface area contributed by atoms with Gasteiger partial charge in [-0.05, 0) is 46.9 Å². The zero-order chi connectivity index (χ0) is 20.8. The summed E-state index contributed by atoms with van der Waals surface area (Å²) in [5.41, 5.74) is 7.41. The molecule has 2 heteroatoms. The molecule has 1 N–H and O–H groups in total. The van der Waals surface area contributed by atoms with Gasteiger partial charge >= 0.3 is 0 Å². The maximum Gasteiger partial charge on any atom is 0.0712 e. The van der Waals surface area contributed by atoms with E-state index < -0.39 is 0 Å². The highest BCUT2D eigenvalue weighted by Crippen LogP contribution is 2.28. The molecule has 0 atom stereocenters. The van der Waals surface area contributed by atoms with E-state index in [2.05, 4.69) is 98.0 Å². The summed E-state index contributed by atoms with van der Waals surface area (Å²) in [5, 5.41) is 6.22. The Kier molecular flexibility index (Phi) is 6.44. The van der Waals surface area contributed by atoms with Gasteiger partial charge in [0.15, 0.2) is 0 Å². The minimum atomic E-state index is 0.732. The molecule has 152 valence electrons. The second-order valence-corrected chi connectivity index (χ2v) is 7.85. The maximum atomic E-state index is 5.00. The lowest BCUT2D eigenvalue weighted by Gasteiger charge is -2.17. The summed E-state index contributed by atoms with van der Waals surface area (Å²) in [5.74, 6) is 0. The van der Waals surface area contributed by atoms with Crippen LogP contribution in [0.2, 0.25) is 0 Å². The Morgan fingerprint density at radius 1 is 0.700 bits per heavy atom. The van der Waals surface area contributed by atoms with Crippen LogP contribution in [0.3, 0.4) is 0 Å². The molecule has 2 nitrogen and oxygen atoms in total. The molecule has 4 aromatic rings. The molecule has 0 aliphatic carbocycles. The number of hydrogen-bond donors (Lipinski definition) is 1. The van der Waals surface area contributed by atoms with E-state index in [-0.39, 0.29) is 0 Å². The first-order valence-corrected chi connectivity index (χ1v) is 11.1. The minimum absolute atomic E-state index is 0.732. The normalized spacial score (nSPS) is 11.0. The van der Waals surface area contributed by atoms with Crippen molar-refractivity contribution in [3.05, 3.63) is 95.7 Å². The molecular weight excluding hydrogens is 364 g/mol. The van der Waals surface area contributed by atoms with Crippen molar-refractivity contribution in [3.63, 3.8) is 0 Å². The van der Waals surface area contributed by atoms with E-state index >= 15 is 0 Å². The first-order chi connectivity index (χ1) is 14.8. The number of fused-ring (bicyclic) bond motifs is 1. The number of pyridine rings is 1. The molecule has 4 rings (SSSR count). The largest absolute Gasteiger partial charge is 0.379 e. The first kappa shape index (κ1) is 20.2. The number of hydrogen-bond acceptors (Lipinski definition) is 2. The fraction of sp³-hybridized carbons (Fsp3) is 0.250. The van der Waals surface area contributed by atoms with Crippen molar-refractivity contribution in [2.24, 2.45) is 0 Å². The van der Waals surface area contributed by atoms with Crippen molar-refractivity contribution in [2.75, 3.05) is 5.32 Å². The molecule has 0 bridgehead atoms. The van der Waals surface area contributed by atoms with Crippen LogP contribution in [0.15, 0.2) is 78.9 Å². The monoisotopic (exact) mass is 394 g/mol. The second-order valence-electron chi connectivity index (χ2n) is 7.85. The number of anilines is 1. The lowest BCUT2D eigenvalue weighted by molar-refractivity contribution is 0.890. The van der Waals surface area contributed by atoms with Gasteiger partial charge in [-0.2, -0.15) is 0 Å². The molecule has 30 heavy (non-hydrogen) atoms. The van der Waals surface area contributed by atoms with Crippen LogP contribution in [0.25, 0.3) is 22.0 Å². The highest BCUT2D eigenvalue weighted by atomic mass is 14.9. The topological polar surface area (TPSA) is 24.9 Å². The van der Waals surface area contributed by atoms with Crippen molar-refractivity contribution in [2.45, 2.75) is 46.1 Å². The standard InChI is InChI=1S/C28H30N2/c1-3-10-22-14-7-15-23(11-4-2)28(22)29-20-24-16-9-19-27(30-24)26-18-8-13-21-12-5-6-17-25(21)26/h5-9,12-19,29H,3-4,10-11,20H2,1-2H3. The number of aryl methyl sites for hydroxylation is 2. The highest BCUT2D eigenvalue weighted by molar-refractivity contribution is 5.95. The van der Waals surface area contributed by atoms with Crippen LogP contribution in [0, 0.1) is 0 Å². The molecule has 0 saturated heterocycles. The van der Waals surface area contributed by atoms with E-state index in [9.17, 15) is 0 Å². The summed E-state index contributed by atoms with van der Waals surface area (Å²) < 4.78 is 0. The van der Waals surface area contributed by atoms with Gasteiger partial charge < -0.3 is 5.32 Å². The summed E-state index contributed by atoms with van der Waals surface area (Å²) in [4.78, 5) is 5.00. The van der Waals surface area contributed by atoms with Crippen molar-refractivity contribution >= 4 is 16.5 Å². The number of aromatic nitrogens is 1. The molecule has 1 aromatic heterocycles. The van der Waals surface area contributed by atoms with Gasteiger partial charge in [-0.25, -0.2) is 0 Å². The molecule has 3 aromatic carbocycles.